The first kappa shape index (κ1) is 23.4. The van der Waals surface area contributed by atoms with Crippen LogP contribution in [-0.4, -0.2) is 36.8 Å². The van der Waals surface area contributed by atoms with E-state index in [9.17, 15) is 14.7 Å². The predicted octanol–water partition coefficient (Wildman–Crippen LogP) is 5.09. The number of carbonyl (C=O) groups is 2. The number of aromatic hydroxyl groups is 1. The van der Waals surface area contributed by atoms with Crippen LogP contribution in [0.25, 0.3) is 22.3 Å². The number of aromatic nitrogens is 4. The van der Waals surface area contributed by atoms with Crippen LogP contribution in [0.3, 0.4) is 0 Å². The van der Waals surface area contributed by atoms with E-state index >= 15 is 0 Å². The Morgan fingerprint density at radius 2 is 1.71 bits per heavy atom. The molecule has 0 aliphatic heterocycles. The van der Waals surface area contributed by atoms with Gasteiger partial charge < -0.3 is 15.7 Å². The number of nitrogens with one attached hydrogen (secondary N) is 2. The van der Waals surface area contributed by atoms with Gasteiger partial charge in [0.2, 0.25) is 0 Å². The molecule has 9 nitrogen and oxygen atoms in total. The van der Waals surface area contributed by atoms with Crippen LogP contribution < -0.4 is 10.6 Å². The Morgan fingerprint density at radius 3 is 2.47 bits per heavy atom. The molecule has 5 aromatic rings. The second-order valence-corrected chi connectivity index (χ2v) is 9.21. The van der Waals surface area contributed by atoms with Crippen LogP contribution in [-0.2, 0) is 6.54 Å². The fourth-order valence-electron chi connectivity index (χ4n) is 4.30. The van der Waals surface area contributed by atoms with Crippen molar-refractivity contribution in [1.29, 1.82) is 0 Å². The summed E-state index contributed by atoms with van der Waals surface area (Å²) in [5.41, 5.74) is 4.64. The van der Waals surface area contributed by atoms with E-state index in [1.807, 2.05) is 54.6 Å². The summed E-state index contributed by atoms with van der Waals surface area (Å²) in [6.45, 7) is 0.389. The van der Waals surface area contributed by atoms with Gasteiger partial charge in [0.15, 0.2) is 0 Å². The minimum absolute atomic E-state index is 0.0657. The largest absolute Gasteiger partial charge is 0.507 e. The number of nitrogens with zero attached hydrogens (tertiary/aromatic N) is 4. The van der Waals surface area contributed by atoms with E-state index in [-0.39, 0.29) is 23.4 Å². The number of amides is 2. The Bertz CT molecular complexity index is 1660. The highest BCUT2D eigenvalue weighted by Gasteiger charge is 2.30. The summed E-state index contributed by atoms with van der Waals surface area (Å²) in [5, 5.41) is 21.0. The maximum Gasteiger partial charge on any atom is 0.342 e. The number of fused-ring (bicyclic) bond motifs is 1. The van der Waals surface area contributed by atoms with E-state index in [1.54, 1.807) is 18.2 Å². The number of anilines is 1. The van der Waals surface area contributed by atoms with Crippen LogP contribution >= 0.6 is 0 Å². The smallest absolute Gasteiger partial charge is 0.342 e. The van der Waals surface area contributed by atoms with Crippen molar-refractivity contribution in [3.05, 3.63) is 102 Å². The Balaban J connectivity index is 1.20. The van der Waals surface area contributed by atoms with E-state index in [1.165, 1.54) is 16.9 Å². The van der Waals surface area contributed by atoms with Crippen molar-refractivity contribution in [2.24, 2.45) is 0 Å². The van der Waals surface area contributed by atoms with Gasteiger partial charge in [-0.25, -0.2) is 9.78 Å². The lowest BCUT2D eigenvalue weighted by Crippen LogP contribution is -2.30. The van der Waals surface area contributed by atoms with Crippen LogP contribution in [0.5, 0.6) is 5.75 Å². The van der Waals surface area contributed by atoms with Gasteiger partial charge in [0, 0.05) is 29.8 Å². The number of hydrogen-bond acceptors (Lipinski definition) is 6. The quantitative estimate of drug-likeness (QED) is 0.296. The molecular weight excluding hydrogens is 480 g/mol. The highest BCUT2D eigenvalue weighted by Crippen LogP contribution is 2.42. The summed E-state index contributed by atoms with van der Waals surface area (Å²) in [6, 6.07) is 23.3. The number of phenols is 1. The standard InChI is InChI=1S/C29H24N6O3/c36-27-14-20(32-28(37)25-17-30-22-8-4-5-9-23(22)33-25)12-13-21(27)24-15-26(19-10-11-19)35(34-24)29(38)31-16-18-6-2-1-3-7-18/h1-9,12-15,17,19,36H,10-11,16H2,(H,31,38)(H,32,37). The Hall–Kier alpha value is -5.05. The molecule has 2 aromatic heterocycles. The van der Waals surface area contributed by atoms with Gasteiger partial charge in [0.1, 0.15) is 11.4 Å². The van der Waals surface area contributed by atoms with Crippen LogP contribution in [0, 0.1) is 0 Å². The molecule has 9 heteroatoms. The van der Waals surface area contributed by atoms with Crippen molar-refractivity contribution in [3.8, 4) is 17.0 Å². The van der Waals surface area contributed by atoms with E-state index in [0.717, 1.165) is 24.1 Å². The first-order chi connectivity index (χ1) is 18.5. The van der Waals surface area contributed by atoms with E-state index in [0.29, 0.717) is 34.5 Å². The Kier molecular flexibility index (Phi) is 6.01. The Morgan fingerprint density at radius 1 is 0.947 bits per heavy atom. The molecule has 1 aliphatic rings. The summed E-state index contributed by atoms with van der Waals surface area (Å²) in [5.74, 6) is -0.239. The molecule has 188 valence electrons. The third-order valence-electron chi connectivity index (χ3n) is 6.42. The number of para-hydroxylation sites is 2. The zero-order valence-corrected chi connectivity index (χ0v) is 20.3. The van der Waals surface area contributed by atoms with E-state index in [2.05, 4.69) is 25.7 Å². The molecule has 38 heavy (non-hydrogen) atoms. The second kappa shape index (κ2) is 9.78. The van der Waals surface area contributed by atoms with Crippen molar-refractivity contribution in [2.75, 3.05) is 5.32 Å². The van der Waals surface area contributed by atoms with Crippen LogP contribution in [0.4, 0.5) is 10.5 Å². The van der Waals surface area contributed by atoms with Gasteiger partial charge in [-0.2, -0.15) is 9.78 Å². The summed E-state index contributed by atoms with van der Waals surface area (Å²) in [7, 11) is 0. The third-order valence-corrected chi connectivity index (χ3v) is 6.42. The number of hydrogen-bond donors (Lipinski definition) is 3. The zero-order chi connectivity index (χ0) is 26.1. The normalized spacial score (nSPS) is 12.8. The predicted molar refractivity (Wildman–Crippen MR) is 143 cm³/mol. The van der Waals surface area contributed by atoms with Gasteiger partial charge >= 0.3 is 6.03 Å². The van der Waals surface area contributed by atoms with Gasteiger partial charge in [0.25, 0.3) is 5.91 Å². The molecular formula is C29H24N6O3. The summed E-state index contributed by atoms with van der Waals surface area (Å²) in [6.07, 6.45) is 3.40. The van der Waals surface area contributed by atoms with Crippen LogP contribution in [0.1, 0.15) is 40.5 Å². The highest BCUT2D eigenvalue weighted by atomic mass is 16.3. The highest BCUT2D eigenvalue weighted by molar-refractivity contribution is 6.03. The average molecular weight is 505 g/mol. The average Bonchev–Trinajstić information content (AvgIpc) is 3.70. The molecule has 0 unspecified atom stereocenters. The van der Waals surface area contributed by atoms with Gasteiger partial charge in [0.05, 0.1) is 28.6 Å². The number of carbonyl (C=O) groups excluding carboxylic acids is 2. The fourth-order valence-corrected chi connectivity index (χ4v) is 4.30. The van der Waals surface area contributed by atoms with Gasteiger partial charge in [-0.05, 0) is 48.7 Å². The molecule has 3 N–H and O–H groups in total. The number of rotatable bonds is 6. The molecule has 1 fully saturated rings. The molecule has 1 saturated carbocycles. The van der Waals surface area contributed by atoms with Crippen molar-refractivity contribution in [2.45, 2.75) is 25.3 Å². The second-order valence-electron chi connectivity index (χ2n) is 9.21. The lowest BCUT2D eigenvalue weighted by molar-refractivity contribution is 0.102. The van der Waals surface area contributed by atoms with Crippen molar-refractivity contribution < 1.29 is 14.7 Å². The molecule has 2 heterocycles. The molecule has 0 bridgehead atoms. The molecule has 0 radical (unpaired) electrons. The van der Waals surface area contributed by atoms with Gasteiger partial charge in [-0.15, -0.1) is 0 Å². The van der Waals surface area contributed by atoms with Gasteiger partial charge in [-0.1, -0.05) is 42.5 Å². The zero-order valence-electron chi connectivity index (χ0n) is 20.3. The topological polar surface area (TPSA) is 122 Å². The molecule has 3 aromatic carbocycles. The Labute approximate surface area is 218 Å². The molecule has 1 aliphatic carbocycles. The summed E-state index contributed by atoms with van der Waals surface area (Å²) >= 11 is 0. The molecule has 2 amide bonds. The van der Waals surface area contributed by atoms with E-state index < -0.39 is 5.91 Å². The van der Waals surface area contributed by atoms with Gasteiger partial charge in [-0.3, -0.25) is 9.78 Å². The summed E-state index contributed by atoms with van der Waals surface area (Å²) < 4.78 is 1.39. The third kappa shape index (κ3) is 4.81. The van der Waals surface area contributed by atoms with Crippen LogP contribution in [0.2, 0.25) is 0 Å². The minimum atomic E-state index is -0.439. The SMILES string of the molecule is O=C(Nc1ccc(-c2cc(C3CC3)n(C(=O)NCc3ccccc3)n2)c(O)c1)c1cnc2ccccc2n1. The van der Waals surface area contributed by atoms with Crippen molar-refractivity contribution >= 4 is 28.7 Å². The van der Waals surface area contributed by atoms with E-state index in [4.69, 9.17) is 0 Å². The molecule has 6 rings (SSSR count). The first-order valence-corrected chi connectivity index (χ1v) is 12.3. The molecule has 0 saturated heterocycles. The maximum absolute atomic E-state index is 13.0. The fraction of sp³-hybridized carbons (Fsp3) is 0.138. The minimum Gasteiger partial charge on any atom is -0.507 e. The monoisotopic (exact) mass is 504 g/mol. The maximum atomic E-state index is 13.0. The number of phenolic OH excluding ortho intramolecular Hbond substituents is 1. The van der Waals surface area contributed by atoms with Crippen LogP contribution in [0.15, 0.2) is 85.1 Å². The number of benzene rings is 3. The lowest BCUT2D eigenvalue weighted by Gasteiger charge is -2.08. The summed E-state index contributed by atoms with van der Waals surface area (Å²) in [4.78, 5) is 34.3. The lowest BCUT2D eigenvalue weighted by atomic mass is 10.1. The first-order valence-electron chi connectivity index (χ1n) is 12.3. The van der Waals surface area contributed by atoms with Crippen molar-refractivity contribution in [1.82, 2.24) is 25.1 Å². The van der Waals surface area contributed by atoms with Crippen molar-refractivity contribution in [3.63, 3.8) is 0 Å². The molecule has 0 spiro atoms. The molecule has 0 atom stereocenters.